The first kappa shape index (κ1) is 19.8. The summed E-state index contributed by atoms with van der Waals surface area (Å²) in [4.78, 5) is 15.6. The van der Waals surface area contributed by atoms with E-state index in [1.807, 2.05) is 31.2 Å². The van der Waals surface area contributed by atoms with Gasteiger partial charge < -0.3 is 9.73 Å². The van der Waals surface area contributed by atoms with Crippen LogP contribution in [0.3, 0.4) is 0 Å². The molecular weight excluding hydrogens is 378 g/mol. The van der Waals surface area contributed by atoms with Gasteiger partial charge >= 0.3 is 0 Å². The number of hydrogen-bond donors (Lipinski definition) is 2. The van der Waals surface area contributed by atoms with Gasteiger partial charge in [-0.2, -0.15) is 0 Å². The first-order valence-electron chi connectivity index (χ1n) is 8.65. The van der Waals surface area contributed by atoms with Gasteiger partial charge in [0.2, 0.25) is 21.8 Å². The van der Waals surface area contributed by atoms with Gasteiger partial charge in [-0.3, -0.25) is 4.79 Å². The summed E-state index contributed by atoms with van der Waals surface area (Å²) < 4.78 is 33.2. The Kier molecular flexibility index (Phi) is 5.62. The Hall–Kier alpha value is -2.97. The zero-order valence-corrected chi connectivity index (χ0v) is 16.6. The van der Waals surface area contributed by atoms with Crippen LogP contribution in [0.4, 0.5) is 5.69 Å². The van der Waals surface area contributed by atoms with Crippen LogP contribution < -0.4 is 10.0 Å². The molecule has 0 aliphatic rings. The van der Waals surface area contributed by atoms with Crippen LogP contribution in [-0.2, 0) is 21.4 Å². The van der Waals surface area contributed by atoms with E-state index in [4.69, 9.17) is 4.42 Å². The number of carbonyl (C=O) groups excluding carboxylic acids is 1. The molecule has 8 heteroatoms. The van der Waals surface area contributed by atoms with Crippen molar-refractivity contribution in [1.82, 2.24) is 9.71 Å². The maximum Gasteiger partial charge on any atom is 0.240 e. The predicted octanol–water partition coefficient (Wildman–Crippen LogP) is 3.40. The first-order valence-corrected chi connectivity index (χ1v) is 10.1. The molecule has 28 heavy (non-hydrogen) atoms. The number of sulfonamides is 1. The summed E-state index contributed by atoms with van der Waals surface area (Å²) in [7, 11) is -3.73. The molecule has 7 nitrogen and oxygen atoms in total. The van der Waals surface area contributed by atoms with Crippen molar-refractivity contribution in [2.45, 2.75) is 32.2 Å². The molecule has 0 unspecified atom stereocenters. The Bertz CT molecular complexity index is 1090. The highest BCUT2D eigenvalue weighted by molar-refractivity contribution is 7.89. The Labute approximate surface area is 163 Å². The van der Waals surface area contributed by atoms with E-state index < -0.39 is 10.0 Å². The lowest BCUT2D eigenvalue weighted by Gasteiger charge is -2.07. The highest BCUT2D eigenvalue weighted by atomic mass is 32.2. The molecule has 1 heterocycles. The number of hydrogen-bond acceptors (Lipinski definition) is 5. The molecular formula is C20H21N3O4S. The molecule has 0 aliphatic carbocycles. The summed E-state index contributed by atoms with van der Waals surface area (Å²) in [6.07, 6.45) is 0. The number of nitrogens with one attached hydrogen (secondary N) is 2. The molecule has 0 saturated carbocycles. The number of carbonyl (C=O) groups is 1. The zero-order chi connectivity index (χ0) is 20.3. The fourth-order valence-electron chi connectivity index (χ4n) is 2.58. The number of benzene rings is 2. The van der Waals surface area contributed by atoms with Crippen LogP contribution in [0.5, 0.6) is 0 Å². The maximum absolute atomic E-state index is 12.5. The normalized spacial score (nSPS) is 11.4. The van der Waals surface area contributed by atoms with E-state index in [0.717, 1.165) is 11.1 Å². The third-order valence-corrected chi connectivity index (χ3v) is 5.52. The van der Waals surface area contributed by atoms with E-state index in [1.165, 1.54) is 31.2 Å². The van der Waals surface area contributed by atoms with Crippen molar-refractivity contribution < 1.29 is 17.6 Å². The Balaban J connectivity index is 1.72. The topological polar surface area (TPSA) is 101 Å². The van der Waals surface area contributed by atoms with Crippen molar-refractivity contribution in [3.8, 4) is 11.5 Å². The van der Waals surface area contributed by atoms with Crippen LogP contribution in [0.25, 0.3) is 11.5 Å². The number of amides is 1. The molecule has 0 fully saturated rings. The zero-order valence-electron chi connectivity index (χ0n) is 15.8. The highest BCUT2D eigenvalue weighted by Crippen LogP contribution is 2.22. The van der Waals surface area contributed by atoms with Crippen LogP contribution in [0.15, 0.2) is 57.8 Å². The standard InChI is InChI=1S/C20H21N3O4S/c1-13-4-6-16(7-5-13)20-23-19(14(2)27-20)12-21-28(25,26)18-10-8-17(9-11-18)22-15(3)24/h4-11,21H,12H2,1-3H3,(H,22,24). The second-order valence-electron chi connectivity index (χ2n) is 6.42. The van der Waals surface area contributed by atoms with E-state index >= 15 is 0 Å². The van der Waals surface area contributed by atoms with Gasteiger partial charge in [0, 0.05) is 18.2 Å². The molecule has 146 valence electrons. The number of nitrogens with zero attached hydrogens (tertiary/aromatic N) is 1. The molecule has 0 radical (unpaired) electrons. The molecule has 2 N–H and O–H groups in total. The van der Waals surface area contributed by atoms with Gasteiger partial charge in [-0.05, 0) is 50.2 Å². The minimum absolute atomic E-state index is 0.0109. The van der Waals surface area contributed by atoms with Crippen LogP contribution in [-0.4, -0.2) is 19.3 Å². The first-order chi connectivity index (χ1) is 13.2. The van der Waals surface area contributed by atoms with Gasteiger partial charge in [0.15, 0.2) is 0 Å². The van der Waals surface area contributed by atoms with Crippen molar-refractivity contribution in [3.05, 3.63) is 65.5 Å². The third kappa shape index (κ3) is 4.65. The second-order valence-corrected chi connectivity index (χ2v) is 8.18. The number of aromatic nitrogens is 1. The largest absolute Gasteiger partial charge is 0.441 e. The Morgan fingerprint density at radius 3 is 2.29 bits per heavy atom. The molecule has 2 aromatic carbocycles. The molecule has 0 aliphatic heterocycles. The van der Waals surface area contributed by atoms with Gasteiger partial charge in [0.1, 0.15) is 5.76 Å². The quantitative estimate of drug-likeness (QED) is 0.662. The van der Waals surface area contributed by atoms with Crippen molar-refractivity contribution in [2.75, 3.05) is 5.32 Å². The summed E-state index contributed by atoms with van der Waals surface area (Å²) in [6, 6.07) is 13.7. The van der Waals surface area contributed by atoms with Gasteiger partial charge in [0.25, 0.3) is 0 Å². The lowest BCUT2D eigenvalue weighted by Crippen LogP contribution is -2.23. The van der Waals surface area contributed by atoms with E-state index in [1.54, 1.807) is 6.92 Å². The van der Waals surface area contributed by atoms with Crippen molar-refractivity contribution >= 4 is 21.6 Å². The summed E-state index contributed by atoms with van der Waals surface area (Å²) in [6.45, 7) is 5.14. The average molecular weight is 399 g/mol. The minimum atomic E-state index is -3.73. The van der Waals surface area contributed by atoms with E-state index in [9.17, 15) is 13.2 Å². The summed E-state index contributed by atoms with van der Waals surface area (Å²) in [5, 5.41) is 2.59. The van der Waals surface area contributed by atoms with Crippen LogP contribution in [0.2, 0.25) is 0 Å². The molecule has 3 aromatic rings. The van der Waals surface area contributed by atoms with E-state index in [-0.39, 0.29) is 17.3 Å². The lowest BCUT2D eigenvalue weighted by molar-refractivity contribution is -0.114. The minimum Gasteiger partial charge on any atom is -0.441 e. The molecule has 1 amide bonds. The van der Waals surface area contributed by atoms with Crippen LogP contribution >= 0.6 is 0 Å². The molecule has 1 aromatic heterocycles. The smallest absolute Gasteiger partial charge is 0.240 e. The monoisotopic (exact) mass is 399 g/mol. The molecule has 0 saturated heterocycles. The summed E-state index contributed by atoms with van der Waals surface area (Å²) >= 11 is 0. The maximum atomic E-state index is 12.5. The third-order valence-electron chi connectivity index (χ3n) is 4.11. The highest BCUT2D eigenvalue weighted by Gasteiger charge is 2.17. The SMILES string of the molecule is CC(=O)Nc1ccc(S(=O)(=O)NCc2nc(-c3ccc(C)cc3)oc2C)cc1. The number of anilines is 1. The van der Waals surface area contributed by atoms with Gasteiger partial charge in [0.05, 0.1) is 17.1 Å². The molecule has 3 rings (SSSR count). The Morgan fingerprint density at radius 1 is 1.04 bits per heavy atom. The van der Waals surface area contributed by atoms with E-state index in [0.29, 0.717) is 23.0 Å². The fourth-order valence-corrected chi connectivity index (χ4v) is 3.57. The van der Waals surface area contributed by atoms with Gasteiger partial charge in [-0.15, -0.1) is 0 Å². The summed E-state index contributed by atoms with van der Waals surface area (Å²) in [5.74, 6) is 0.783. The lowest BCUT2D eigenvalue weighted by atomic mass is 10.1. The van der Waals surface area contributed by atoms with Gasteiger partial charge in [-0.25, -0.2) is 18.1 Å². The number of rotatable bonds is 6. The van der Waals surface area contributed by atoms with Crippen LogP contribution in [0.1, 0.15) is 23.9 Å². The Morgan fingerprint density at radius 2 is 1.68 bits per heavy atom. The average Bonchev–Trinajstić information content (AvgIpc) is 3.01. The van der Waals surface area contributed by atoms with Crippen molar-refractivity contribution in [1.29, 1.82) is 0 Å². The molecule has 0 atom stereocenters. The number of aryl methyl sites for hydroxylation is 2. The van der Waals surface area contributed by atoms with Crippen LogP contribution in [0, 0.1) is 13.8 Å². The van der Waals surface area contributed by atoms with E-state index in [2.05, 4.69) is 15.0 Å². The van der Waals surface area contributed by atoms with Crippen molar-refractivity contribution in [2.24, 2.45) is 0 Å². The molecule has 0 spiro atoms. The fraction of sp³-hybridized carbons (Fsp3) is 0.200. The predicted molar refractivity (Wildman–Crippen MR) is 106 cm³/mol. The number of oxazole rings is 1. The van der Waals surface area contributed by atoms with Gasteiger partial charge in [-0.1, -0.05) is 17.7 Å². The second kappa shape index (κ2) is 7.95. The summed E-state index contributed by atoms with van der Waals surface area (Å²) in [5.41, 5.74) is 3.01. The molecule has 0 bridgehead atoms. The van der Waals surface area contributed by atoms with Crippen molar-refractivity contribution in [3.63, 3.8) is 0 Å².